The topological polar surface area (TPSA) is 26.0 Å². The summed E-state index contributed by atoms with van der Waals surface area (Å²) in [4.78, 5) is 0. The van der Waals surface area contributed by atoms with Crippen molar-refractivity contribution >= 4 is 0 Å². The molecule has 1 nitrogen and oxygen atoms in total. The van der Waals surface area contributed by atoms with Gasteiger partial charge < -0.3 is 5.73 Å². The molecule has 1 unspecified atom stereocenters. The first kappa shape index (κ1) is 6.61. The fourth-order valence-electron chi connectivity index (χ4n) is 2.24. The highest BCUT2D eigenvalue weighted by atomic mass is 19.1. The fraction of sp³-hybridized carbons (Fsp3) is 0.400. The van der Waals surface area contributed by atoms with Gasteiger partial charge in [0.05, 0.1) is 0 Å². The van der Waals surface area contributed by atoms with Gasteiger partial charge in [0.1, 0.15) is 5.82 Å². The Balaban J connectivity index is 1.99. The van der Waals surface area contributed by atoms with Crippen molar-refractivity contribution in [2.24, 2.45) is 11.7 Å². The van der Waals surface area contributed by atoms with Crippen LogP contribution in [0.5, 0.6) is 0 Å². The Bertz CT molecular complexity index is 326. The second-order valence-electron chi connectivity index (χ2n) is 3.88. The molecule has 1 aromatic rings. The van der Waals surface area contributed by atoms with Crippen molar-refractivity contribution in [3.63, 3.8) is 0 Å². The van der Waals surface area contributed by atoms with Crippen LogP contribution in [0, 0.1) is 11.7 Å². The number of halogens is 1. The van der Waals surface area contributed by atoms with E-state index in [1.165, 1.54) is 24.1 Å². The van der Waals surface area contributed by atoms with E-state index in [0.717, 1.165) is 0 Å². The van der Waals surface area contributed by atoms with Gasteiger partial charge in [0, 0.05) is 11.5 Å². The molecule has 2 aliphatic rings. The maximum Gasteiger partial charge on any atom is 0.123 e. The van der Waals surface area contributed by atoms with Gasteiger partial charge in [-0.05, 0) is 30.0 Å². The summed E-state index contributed by atoms with van der Waals surface area (Å²) in [5.41, 5.74) is 7.32. The molecule has 2 fully saturated rings. The van der Waals surface area contributed by atoms with E-state index >= 15 is 0 Å². The summed E-state index contributed by atoms with van der Waals surface area (Å²) in [6.07, 6.45) is 1.21. The molecule has 0 radical (unpaired) electrons. The number of benzene rings is 1. The molecule has 2 N–H and O–H groups in total. The lowest BCUT2D eigenvalue weighted by molar-refractivity contribution is 0.625. The van der Waals surface area contributed by atoms with Crippen molar-refractivity contribution in [1.82, 2.24) is 0 Å². The molecule has 2 aliphatic carbocycles. The lowest BCUT2D eigenvalue weighted by Crippen LogP contribution is -2.18. The molecule has 0 bridgehead atoms. The molecular formula is C10H10FN. The zero-order chi connectivity index (χ0) is 8.34. The van der Waals surface area contributed by atoms with Crippen LogP contribution >= 0.6 is 0 Å². The number of hydrogen-bond donors (Lipinski definition) is 1. The molecule has 12 heavy (non-hydrogen) atoms. The third-order valence-corrected chi connectivity index (χ3v) is 3.36. The van der Waals surface area contributed by atoms with E-state index in [9.17, 15) is 4.39 Å². The van der Waals surface area contributed by atoms with Crippen LogP contribution in [0.15, 0.2) is 24.3 Å². The van der Waals surface area contributed by atoms with E-state index in [0.29, 0.717) is 12.0 Å². The van der Waals surface area contributed by atoms with Crippen LogP contribution in [-0.4, -0.2) is 6.04 Å². The van der Waals surface area contributed by atoms with Gasteiger partial charge in [0.2, 0.25) is 0 Å². The molecule has 3 atom stereocenters. The maximum atomic E-state index is 12.6. The van der Waals surface area contributed by atoms with Crippen molar-refractivity contribution in [2.75, 3.05) is 0 Å². The Morgan fingerprint density at radius 3 is 2.33 bits per heavy atom. The first-order valence-corrected chi connectivity index (χ1v) is 4.27. The van der Waals surface area contributed by atoms with E-state index in [1.54, 1.807) is 0 Å². The van der Waals surface area contributed by atoms with Crippen LogP contribution in [-0.2, 0) is 5.41 Å². The van der Waals surface area contributed by atoms with Crippen LogP contribution in [0.25, 0.3) is 0 Å². The standard InChI is InChI=1S/C10H10FN/c11-7-3-1-6(2-4-7)10-5-8(10)9(10)12/h1-4,8-9H,5,12H2/t8?,9-,10-/m1/s1. The quantitative estimate of drug-likeness (QED) is 0.665. The Hall–Kier alpha value is -0.890. The predicted octanol–water partition coefficient (Wildman–Crippen LogP) is 1.42. The largest absolute Gasteiger partial charge is 0.327 e. The molecule has 0 aliphatic heterocycles. The zero-order valence-corrected chi connectivity index (χ0v) is 6.63. The van der Waals surface area contributed by atoms with Crippen LogP contribution in [0.4, 0.5) is 4.39 Å². The highest BCUT2D eigenvalue weighted by Gasteiger charge is 2.77. The number of nitrogens with two attached hydrogens (primary N) is 1. The van der Waals surface area contributed by atoms with Crippen LogP contribution in [0.3, 0.4) is 0 Å². The molecule has 0 amide bonds. The highest BCUT2D eigenvalue weighted by Crippen LogP contribution is 2.74. The van der Waals surface area contributed by atoms with Crippen molar-refractivity contribution in [3.8, 4) is 0 Å². The van der Waals surface area contributed by atoms with Gasteiger partial charge in [-0.15, -0.1) is 0 Å². The molecule has 0 heterocycles. The van der Waals surface area contributed by atoms with Gasteiger partial charge in [-0.25, -0.2) is 4.39 Å². The third kappa shape index (κ3) is 0.581. The van der Waals surface area contributed by atoms with Gasteiger partial charge in [0.25, 0.3) is 0 Å². The molecule has 2 heteroatoms. The van der Waals surface area contributed by atoms with Crippen molar-refractivity contribution in [2.45, 2.75) is 17.9 Å². The minimum Gasteiger partial charge on any atom is -0.327 e. The van der Waals surface area contributed by atoms with E-state index in [1.807, 2.05) is 12.1 Å². The van der Waals surface area contributed by atoms with E-state index < -0.39 is 0 Å². The molecular weight excluding hydrogens is 153 g/mol. The van der Waals surface area contributed by atoms with E-state index in [2.05, 4.69) is 0 Å². The van der Waals surface area contributed by atoms with E-state index in [-0.39, 0.29) is 11.2 Å². The van der Waals surface area contributed by atoms with Gasteiger partial charge in [0.15, 0.2) is 0 Å². The van der Waals surface area contributed by atoms with E-state index in [4.69, 9.17) is 5.73 Å². The SMILES string of the molecule is N[C@@H]1C2C[C@@]21c1ccc(F)cc1. The van der Waals surface area contributed by atoms with Crippen molar-refractivity contribution < 1.29 is 4.39 Å². The summed E-state index contributed by atoms with van der Waals surface area (Å²) in [5, 5.41) is 0. The summed E-state index contributed by atoms with van der Waals surface area (Å²) in [6.45, 7) is 0. The lowest BCUT2D eigenvalue weighted by atomic mass is 10.0. The average Bonchev–Trinajstić information content (AvgIpc) is 2.93. The molecule has 1 aromatic carbocycles. The molecule has 0 spiro atoms. The summed E-state index contributed by atoms with van der Waals surface area (Å²) in [5.74, 6) is 0.532. The van der Waals surface area contributed by atoms with Crippen LogP contribution in [0.2, 0.25) is 0 Å². The normalized spacial score (nSPS) is 42.2. The highest BCUT2D eigenvalue weighted by molar-refractivity contribution is 5.49. The first-order valence-electron chi connectivity index (χ1n) is 4.27. The molecule has 2 saturated carbocycles. The smallest absolute Gasteiger partial charge is 0.123 e. The summed E-state index contributed by atoms with van der Waals surface area (Å²) in [6, 6.07) is 7.11. The van der Waals surface area contributed by atoms with Gasteiger partial charge >= 0.3 is 0 Å². The monoisotopic (exact) mass is 163 g/mol. The van der Waals surface area contributed by atoms with Gasteiger partial charge in [-0.2, -0.15) is 0 Å². The number of fused-ring (bicyclic) bond motifs is 1. The Labute approximate surface area is 70.4 Å². The van der Waals surface area contributed by atoms with Crippen molar-refractivity contribution in [1.29, 1.82) is 0 Å². The molecule has 62 valence electrons. The third-order valence-electron chi connectivity index (χ3n) is 3.36. The summed E-state index contributed by atoms with van der Waals surface area (Å²) in [7, 11) is 0. The summed E-state index contributed by atoms with van der Waals surface area (Å²) >= 11 is 0. The minimum absolute atomic E-state index is 0.165. The molecule has 3 rings (SSSR count). The van der Waals surface area contributed by atoms with Crippen LogP contribution < -0.4 is 5.73 Å². The number of hydrogen-bond acceptors (Lipinski definition) is 1. The second-order valence-corrected chi connectivity index (χ2v) is 3.88. The Morgan fingerprint density at radius 2 is 1.92 bits per heavy atom. The van der Waals surface area contributed by atoms with Crippen molar-refractivity contribution in [3.05, 3.63) is 35.6 Å². The Morgan fingerprint density at radius 1 is 1.33 bits per heavy atom. The van der Waals surface area contributed by atoms with Gasteiger partial charge in [-0.1, -0.05) is 12.1 Å². The average molecular weight is 163 g/mol. The van der Waals surface area contributed by atoms with Crippen LogP contribution in [0.1, 0.15) is 12.0 Å². The predicted molar refractivity (Wildman–Crippen MR) is 44.2 cm³/mol. The van der Waals surface area contributed by atoms with Gasteiger partial charge in [-0.3, -0.25) is 0 Å². The fourth-order valence-corrected chi connectivity index (χ4v) is 2.24. The maximum absolute atomic E-state index is 12.6. The molecule has 0 aromatic heterocycles. The second kappa shape index (κ2) is 1.72. The summed E-state index contributed by atoms with van der Waals surface area (Å²) < 4.78 is 12.6. The Kier molecular flexibility index (Phi) is 0.945. The number of rotatable bonds is 1. The lowest BCUT2D eigenvalue weighted by Gasteiger charge is -2.06. The zero-order valence-electron chi connectivity index (χ0n) is 6.63. The molecule has 0 saturated heterocycles. The first-order chi connectivity index (χ1) is 5.75. The minimum atomic E-state index is -0.165.